The van der Waals surface area contributed by atoms with Crippen LogP contribution in [0.3, 0.4) is 0 Å². The zero-order valence-corrected chi connectivity index (χ0v) is 14.0. The number of nitrogens with one attached hydrogen (secondary N) is 3. The molecule has 0 aromatic carbocycles. The van der Waals surface area contributed by atoms with Crippen LogP contribution in [0.25, 0.3) is 0 Å². The molecule has 3 N–H and O–H groups in total. The van der Waals surface area contributed by atoms with Crippen molar-refractivity contribution in [3.05, 3.63) is 0 Å². The van der Waals surface area contributed by atoms with Gasteiger partial charge in [-0.25, -0.2) is 0 Å². The summed E-state index contributed by atoms with van der Waals surface area (Å²) in [6.45, 7) is 5.80. The van der Waals surface area contributed by atoms with Crippen molar-refractivity contribution in [3.63, 3.8) is 0 Å². The van der Waals surface area contributed by atoms with Gasteiger partial charge < -0.3 is 16.0 Å². The predicted molar refractivity (Wildman–Crippen MR) is 87.4 cm³/mol. The Morgan fingerprint density at radius 3 is 2.59 bits per heavy atom. The van der Waals surface area contributed by atoms with Gasteiger partial charge >= 0.3 is 0 Å². The molecule has 2 amide bonds. The molecule has 126 valence electrons. The third-order valence-corrected chi connectivity index (χ3v) is 5.08. The summed E-state index contributed by atoms with van der Waals surface area (Å²) in [4.78, 5) is 24.3. The Bertz CT molecular complexity index is 380. The van der Waals surface area contributed by atoms with E-state index in [0.717, 1.165) is 32.4 Å². The number of amides is 2. The highest BCUT2D eigenvalue weighted by Gasteiger charge is 2.26. The minimum atomic E-state index is -0.446. The van der Waals surface area contributed by atoms with Gasteiger partial charge in [0.15, 0.2) is 0 Å². The molecule has 2 rings (SSSR count). The SMILES string of the molecule is CC(NC(=O)CC1CCCCC1)C(=O)NC1CCNCC1C. The number of carbonyl (C=O) groups excluding carboxylic acids is 2. The molecule has 1 saturated heterocycles. The maximum Gasteiger partial charge on any atom is 0.242 e. The van der Waals surface area contributed by atoms with Crippen LogP contribution < -0.4 is 16.0 Å². The fourth-order valence-corrected chi connectivity index (χ4v) is 3.56. The zero-order valence-electron chi connectivity index (χ0n) is 14.0. The van der Waals surface area contributed by atoms with Gasteiger partial charge in [-0.3, -0.25) is 9.59 Å². The zero-order chi connectivity index (χ0) is 15.9. The minimum Gasteiger partial charge on any atom is -0.351 e. The van der Waals surface area contributed by atoms with E-state index in [1.54, 1.807) is 6.92 Å². The molecule has 22 heavy (non-hydrogen) atoms. The Kier molecular flexibility index (Phi) is 6.68. The first kappa shape index (κ1) is 17.3. The van der Waals surface area contributed by atoms with Crippen LogP contribution in [0.4, 0.5) is 0 Å². The number of rotatable bonds is 5. The Hall–Kier alpha value is -1.10. The molecule has 2 fully saturated rings. The summed E-state index contributed by atoms with van der Waals surface area (Å²) in [5.74, 6) is 0.903. The molecule has 0 aromatic heterocycles. The first-order valence-corrected chi connectivity index (χ1v) is 8.86. The van der Waals surface area contributed by atoms with E-state index in [-0.39, 0.29) is 17.9 Å². The van der Waals surface area contributed by atoms with Crippen LogP contribution in [-0.4, -0.2) is 37.0 Å². The van der Waals surface area contributed by atoms with Crippen molar-refractivity contribution >= 4 is 11.8 Å². The molecule has 0 aromatic rings. The summed E-state index contributed by atoms with van der Waals surface area (Å²) in [5, 5.41) is 9.27. The lowest BCUT2D eigenvalue weighted by molar-refractivity contribution is -0.129. The standard InChI is InChI=1S/C17H31N3O2/c1-12-11-18-9-8-15(12)20-17(22)13(2)19-16(21)10-14-6-4-3-5-7-14/h12-15,18H,3-11H2,1-2H3,(H,19,21)(H,20,22). The molecule has 1 heterocycles. The van der Waals surface area contributed by atoms with Crippen LogP contribution in [0.1, 0.15) is 58.8 Å². The van der Waals surface area contributed by atoms with Crippen LogP contribution in [0, 0.1) is 11.8 Å². The molecule has 1 saturated carbocycles. The van der Waals surface area contributed by atoms with Crippen LogP contribution in [0.5, 0.6) is 0 Å². The fourth-order valence-electron chi connectivity index (χ4n) is 3.56. The van der Waals surface area contributed by atoms with Gasteiger partial charge in [0.05, 0.1) is 0 Å². The quantitative estimate of drug-likeness (QED) is 0.722. The fraction of sp³-hybridized carbons (Fsp3) is 0.882. The van der Waals surface area contributed by atoms with E-state index in [1.165, 1.54) is 19.3 Å². The molecule has 0 bridgehead atoms. The van der Waals surface area contributed by atoms with Crippen LogP contribution in [0.2, 0.25) is 0 Å². The van der Waals surface area contributed by atoms with Crippen LogP contribution in [0.15, 0.2) is 0 Å². The van der Waals surface area contributed by atoms with Crippen molar-refractivity contribution in [2.75, 3.05) is 13.1 Å². The van der Waals surface area contributed by atoms with Crippen molar-refractivity contribution in [2.24, 2.45) is 11.8 Å². The Morgan fingerprint density at radius 1 is 1.18 bits per heavy atom. The van der Waals surface area contributed by atoms with Crippen molar-refractivity contribution in [3.8, 4) is 0 Å². The van der Waals surface area contributed by atoms with Gasteiger partial charge in [-0.05, 0) is 51.1 Å². The first-order chi connectivity index (χ1) is 10.6. The van der Waals surface area contributed by atoms with Gasteiger partial charge in [0.25, 0.3) is 0 Å². The van der Waals surface area contributed by atoms with Gasteiger partial charge in [-0.15, -0.1) is 0 Å². The summed E-state index contributed by atoms with van der Waals surface area (Å²) < 4.78 is 0. The normalized spacial score (nSPS) is 27.9. The predicted octanol–water partition coefficient (Wildman–Crippen LogP) is 1.58. The van der Waals surface area contributed by atoms with E-state index < -0.39 is 6.04 Å². The number of hydrogen-bond donors (Lipinski definition) is 3. The molecule has 5 nitrogen and oxygen atoms in total. The Morgan fingerprint density at radius 2 is 1.91 bits per heavy atom. The first-order valence-electron chi connectivity index (χ1n) is 8.86. The van der Waals surface area contributed by atoms with Gasteiger partial charge in [-0.2, -0.15) is 0 Å². The highest BCUT2D eigenvalue weighted by atomic mass is 16.2. The van der Waals surface area contributed by atoms with Gasteiger partial charge in [-0.1, -0.05) is 26.2 Å². The summed E-state index contributed by atoms with van der Waals surface area (Å²) in [6, 6.07) is -0.232. The molecule has 0 radical (unpaired) electrons. The third-order valence-electron chi connectivity index (χ3n) is 5.08. The summed E-state index contributed by atoms with van der Waals surface area (Å²) >= 11 is 0. The minimum absolute atomic E-state index is 0.0212. The molecule has 5 heteroatoms. The molecule has 0 spiro atoms. The van der Waals surface area contributed by atoms with E-state index in [1.807, 2.05) is 0 Å². The number of hydrogen-bond acceptors (Lipinski definition) is 3. The summed E-state index contributed by atoms with van der Waals surface area (Å²) in [7, 11) is 0. The lowest BCUT2D eigenvalue weighted by Crippen LogP contribution is -2.53. The second kappa shape index (κ2) is 8.51. The second-order valence-corrected chi connectivity index (χ2v) is 7.08. The van der Waals surface area contributed by atoms with Crippen molar-refractivity contribution in [2.45, 2.75) is 70.9 Å². The summed E-state index contributed by atoms with van der Waals surface area (Å²) in [5.41, 5.74) is 0. The highest BCUT2D eigenvalue weighted by Crippen LogP contribution is 2.26. The highest BCUT2D eigenvalue weighted by molar-refractivity contribution is 5.87. The van der Waals surface area contributed by atoms with Gasteiger partial charge in [0.1, 0.15) is 6.04 Å². The molecule has 1 aliphatic heterocycles. The lowest BCUT2D eigenvalue weighted by atomic mass is 9.87. The molecule has 2 aliphatic rings. The Labute approximate surface area is 134 Å². The lowest BCUT2D eigenvalue weighted by Gasteiger charge is -2.31. The Balaban J connectivity index is 1.71. The van der Waals surface area contributed by atoms with E-state index in [0.29, 0.717) is 18.3 Å². The number of carbonyl (C=O) groups is 2. The monoisotopic (exact) mass is 309 g/mol. The molecule has 3 unspecified atom stereocenters. The van der Waals surface area contributed by atoms with E-state index in [2.05, 4.69) is 22.9 Å². The smallest absolute Gasteiger partial charge is 0.242 e. The third kappa shape index (κ3) is 5.27. The molecule has 1 aliphatic carbocycles. The van der Waals surface area contributed by atoms with E-state index in [4.69, 9.17) is 0 Å². The average Bonchev–Trinajstić information content (AvgIpc) is 2.50. The largest absolute Gasteiger partial charge is 0.351 e. The maximum atomic E-state index is 12.2. The van der Waals surface area contributed by atoms with Crippen molar-refractivity contribution < 1.29 is 9.59 Å². The summed E-state index contributed by atoms with van der Waals surface area (Å²) in [6.07, 6.45) is 7.60. The maximum absolute atomic E-state index is 12.2. The number of piperidine rings is 1. The molecule has 3 atom stereocenters. The van der Waals surface area contributed by atoms with Crippen LogP contribution in [-0.2, 0) is 9.59 Å². The molecular weight excluding hydrogens is 278 g/mol. The van der Waals surface area contributed by atoms with Crippen LogP contribution >= 0.6 is 0 Å². The van der Waals surface area contributed by atoms with E-state index in [9.17, 15) is 9.59 Å². The topological polar surface area (TPSA) is 70.2 Å². The average molecular weight is 309 g/mol. The van der Waals surface area contributed by atoms with E-state index >= 15 is 0 Å². The van der Waals surface area contributed by atoms with Gasteiger partial charge in [0.2, 0.25) is 11.8 Å². The van der Waals surface area contributed by atoms with Gasteiger partial charge in [0, 0.05) is 12.5 Å². The molecular formula is C17H31N3O2. The second-order valence-electron chi connectivity index (χ2n) is 7.08. The van der Waals surface area contributed by atoms with Crippen molar-refractivity contribution in [1.82, 2.24) is 16.0 Å². The van der Waals surface area contributed by atoms with Crippen molar-refractivity contribution in [1.29, 1.82) is 0 Å².